The highest BCUT2D eigenvalue weighted by Gasteiger charge is 2.31. The number of carbonyl (C=O) groups is 1. The van der Waals surface area contributed by atoms with E-state index in [2.05, 4.69) is 4.74 Å². The number of esters is 1. The second-order valence-electron chi connectivity index (χ2n) is 3.99. The van der Waals surface area contributed by atoms with Crippen molar-refractivity contribution in [3.05, 3.63) is 28.8 Å². The molecule has 0 saturated carbocycles. The summed E-state index contributed by atoms with van der Waals surface area (Å²) >= 11 is -0.593. The van der Waals surface area contributed by atoms with Crippen LogP contribution in [0.2, 0.25) is 0 Å². The summed E-state index contributed by atoms with van der Waals surface area (Å²) in [6, 6.07) is 2.91. The second-order valence-corrected chi connectivity index (χ2v) is 5.10. The van der Waals surface area contributed by atoms with E-state index in [1.54, 1.807) is 0 Å². The summed E-state index contributed by atoms with van der Waals surface area (Å²) < 4.78 is 67.9. The van der Waals surface area contributed by atoms with Gasteiger partial charge in [0.25, 0.3) is 6.43 Å². The number of nitriles is 1. The molecule has 1 aromatic carbocycles. The predicted molar refractivity (Wildman–Crippen MR) is 68.4 cm³/mol. The molecule has 0 spiro atoms. The molecule has 0 radical (unpaired) electrons. The lowest BCUT2D eigenvalue weighted by Crippen LogP contribution is -2.11. The van der Waals surface area contributed by atoms with Crippen LogP contribution in [0.15, 0.2) is 17.0 Å². The van der Waals surface area contributed by atoms with E-state index in [0.29, 0.717) is 6.07 Å². The zero-order valence-corrected chi connectivity index (χ0v) is 12.0. The number of nitrogens with zero attached hydrogens (tertiary/aromatic N) is 1. The first-order valence-electron chi connectivity index (χ1n) is 5.94. The van der Waals surface area contributed by atoms with Gasteiger partial charge in [-0.05, 0) is 36.4 Å². The van der Waals surface area contributed by atoms with Crippen molar-refractivity contribution in [3.8, 4) is 6.07 Å². The van der Waals surface area contributed by atoms with Gasteiger partial charge >= 0.3 is 11.5 Å². The minimum absolute atomic E-state index is 0.0171. The van der Waals surface area contributed by atoms with Crippen molar-refractivity contribution in [1.82, 2.24) is 0 Å². The number of hydrogen-bond acceptors (Lipinski definition) is 4. The van der Waals surface area contributed by atoms with Crippen molar-refractivity contribution in [2.24, 2.45) is 0 Å². The van der Waals surface area contributed by atoms with Crippen LogP contribution in [-0.2, 0) is 16.0 Å². The van der Waals surface area contributed by atoms with Crippen LogP contribution < -0.4 is 0 Å². The molecule has 120 valence electrons. The predicted octanol–water partition coefficient (Wildman–Crippen LogP) is 4.21. The van der Waals surface area contributed by atoms with Crippen LogP contribution in [0.25, 0.3) is 0 Å². The van der Waals surface area contributed by atoms with E-state index in [9.17, 15) is 26.7 Å². The zero-order chi connectivity index (χ0) is 16.9. The number of rotatable bonds is 5. The van der Waals surface area contributed by atoms with Crippen LogP contribution in [0.4, 0.5) is 22.0 Å². The molecule has 0 atom stereocenters. The number of alkyl halides is 5. The van der Waals surface area contributed by atoms with Gasteiger partial charge in [0.05, 0.1) is 18.6 Å². The molecule has 0 amide bonds. The third-order valence-electron chi connectivity index (χ3n) is 2.46. The van der Waals surface area contributed by atoms with Gasteiger partial charge in [0.15, 0.2) is 0 Å². The maximum absolute atomic E-state index is 13.0. The molecule has 0 N–H and O–H groups in total. The summed E-state index contributed by atoms with van der Waals surface area (Å²) in [5.74, 6) is -0.836. The Hall–Kier alpha value is -1.82. The highest BCUT2D eigenvalue weighted by molar-refractivity contribution is 8.00. The van der Waals surface area contributed by atoms with Crippen molar-refractivity contribution in [1.29, 1.82) is 5.26 Å². The summed E-state index contributed by atoms with van der Waals surface area (Å²) in [4.78, 5) is 10.8. The van der Waals surface area contributed by atoms with Crippen molar-refractivity contribution in [2.45, 2.75) is 30.2 Å². The average Bonchev–Trinajstić information content (AvgIpc) is 2.36. The number of ether oxygens (including phenoxy) is 1. The molecule has 0 aliphatic heterocycles. The summed E-state index contributed by atoms with van der Waals surface area (Å²) in [7, 11) is 0. The Kier molecular flexibility index (Phi) is 6.17. The highest BCUT2D eigenvalue weighted by Crippen LogP contribution is 2.40. The molecular weight excluding hydrogens is 329 g/mol. The van der Waals surface area contributed by atoms with Gasteiger partial charge in [-0.3, -0.25) is 4.79 Å². The first-order chi connectivity index (χ1) is 10.2. The van der Waals surface area contributed by atoms with Crippen LogP contribution in [0, 0.1) is 11.3 Å². The first-order valence-corrected chi connectivity index (χ1v) is 6.76. The Morgan fingerprint density at radius 2 is 2.05 bits per heavy atom. The fraction of sp³-hybridized carbons (Fsp3) is 0.385. The van der Waals surface area contributed by atoms with E-state index in [1.807, 2.05) is 0 Å². The lowest BCUT2D eigenvalue weighted by atomic mass is 10.0. The summed E-state index contributed by atoms with van der Waals surface area (Å²) in [6.07, 6.45) is -3.62. The lowest BCUT2D eigenvalue weighted by molar-refractivity contribution is -0.142. The standard InChI is InChI=1S/C13H10F5NO2S/c1-2-21-11(20)5-7-4-10(22-13(16,17)18)8(6-19)3-9(7)12(14)15/h3-4,12H,2,5H2,1H3. The van der Waals surface area contributed by atoms with Crippen LogP contribution in [-0.4, -0.2) is 18.1 Å². The van der Waals surface area contributed by atoms with E-state index >= 15 is 0 Å². The van der Waals surface area contributed by atoms with Gasteiger partial charge in [0.2, 0.25) is 0 Å². The Morgan fingerprint density at radius 3 is 2.50 bits per heavy atom. The van der Waals surface area contributed by atoms with Gasteiger partial charge in [-0.1, -0.05) is 0 Å². The summed E-state index contributed by atoms with van der Waals surface area (Å²) in [5, 5.41) is 8.81. The van der Waals surface area contributed by atoms with Crippen molar-refractivity contribution >= 4 is 17.7 Å². The van der Waals surface area contributed by atoms with Crippen LogP contribution in [0.1, 0.15) is 30.0 Å². The fourth-order valence-electron chi connectivity index (χ4n) is 1.66. The molecule has 0 bridgehead atoms. The Morgan fingerprint density at radius 1 is 1.41 bits per heavy atom. The van der Waals surface area contributed by atoms with Gasteiger partial charge in [0, 0.05) is 10.5 Å². The Labute approximate surface area is 127 Å². The van der Waals surface area contributed by atoms with E-state index < -0.39 is 52.1 Å². The third kappa shape index (κ3) is 5.18. The second kappa shape index (κ2) is 7.45. The SMILES string of the molecule is CCOC(=O)Cc1cc(SC(F)(F)F)c(C#N)cc1C(F)F. The molecule has 0 aromatic heterocycles. The number of thioether (sulfide) groups is 1. The van der Waals surface area contributed by atoms with Crippen molar-refractivity contribution < 1.29 is 31.5 Å². The van der Waals surface area contributed by atoms with Crippen molar-refractivity contribution in [2.75, 3.05) is 6.61 Å². The molecule has 0 aliphatic rings. The summed E-state index contributed by atoms with van der Waals surface area (Å²) in [5.41, 5.74) is -6.15. The molecular formula is C13H10F5NO2S. The molecule has 0 unspecified atom stereocenters. The maximum atomic E-state index is 13.0. The zero-order valence-electron chi connectivity index (χ0n) is 11.2. The largest absolute Gasteiger partial charge is 0.466 e. The number of hydrogen-bond donors (Lipinski definition) is 0. The molecule has 0 saturated heterocycles. The molecule has 3 nitrogen and oxygen atoms in total. The topological polar surface area (TPSA) is 50.1 Å². The quantitative estimate of drug-likeness (QED) is 0.458. The molecule has 1 aromatic rings. The van der Waals surface area contributed by atoms with Crippen LogP contribution in [0.3, 0.4) is 0 Å². The molecule has 1 rings (SSSR count). The normalized spacial score (nSPS) is 11.4. The minimum Gasteiger partial charge on any atom is -0.466 e. The van der Waals surface area contributed by atoms with Gasteiger partial charge in [0.1, 0.15) is 6.07 Å². The Bertz CT molecular complexity index is 595. The molecule has 0 aliphatic carbocycles. The third-order valence-corrected chi connectivity index (χ3v) is 3.25. The highest BCUT2D eigenvalue weighted by atomic mass is 32.2. The van der Waals surface area contributed by atoms with E-state index in [0.717, 1.165) is 6.07 Å². The monoisotopic (exact) mass is 339 g/mol. The van der Waals surface area contributed by atoms with Gasteiger partial charge in [-0.25, -0.2) is 8.78 Å². The number of benzene rings is 1. The Balaban J connectivity index is 3.30. The molecule has 0 heterocycles. The van der Waals surface area contributed by atoms with Gasteiger partial charge in [-0.2, -0.15) is 18.4 Å². The van der Waals surface area contributed by atoms with E-state index in [4.69, 9.17) is 5.26 Å². The molecule has 22 heavy (non-hydrogen) atoms. The molecule has 0 fully saturated rings. The fourth-order valence-corrected chi connectivity index (χ4v) is 2.32. The number of halogens is 5. The van der Waals surface area contributed by atoms with Crippen molar-refractivity contribution in [3.63, 3.8) is 0 Å². The van der Waals surface area contributed by atoms with E-state index in [-0.39, 0.29) is 12.2 Å². The maximum Gasteiger partial charge on any atom is 0.446 e. The lowest BCUT2D eigenvalue weighted by Gasteiger charge is -2.13. The van der Waals surface area contributed by atoms with Crippen LogP contribution in [0.5, 0.6) is 0 Å². The first kappa shape index (κ1) is 18.2. The van der Waals surface area contributed by atoms with Gasteiger partial charge in [-0.15, -0.1) is 0 Å². The smallest absolute Gasteiger partial charge is 0.446 e. The molecule has 9 heteroatoms. The van der Waals surface area contributed by atoms with Gasteiger partial charge < -0.3 is 4.74 Å². The van der Waals surface area contributed by atoms with Crippen LogP contribution >= 0.6 is 11.8 Å². The minimum atomic E-state index is -4.68. The average molecular weight is 339 g/mol. The number of carbonyl (C=O) groups excluding carboxylic acids is 1. The summed E-state index contributed by atoms with van der Waals surface area (Å²) in [6.45, 7) is 1.53. The van der Waals surface area contributed by atoms with E-state index in [1.165, 1.54) is 13.0 Å².